The molecule has 0 spiro atoms. The van der Waals surface area contributed by atoms with E-state index in [4.69, 9.17) is 6.42 Å². The molecule has 0 unspecified atom stereocenters. The summed E-state index contributed by atoms with van der Waals surface area (Å²) >= 11 is 0. The maximum atomic E-state index is 5.36. The van der Waals surface area contributed by atoms with Crippen molar-refractivity contribution in [3.8, 4) is 12.3 Å². The fourth-order valence-corrected chi connectivity index (χ4v) is 2.86. The first kappa shape index (κ1) is 15.9. The quantitative estimate of drug-likeness (QED) is 0.612. The molecule has 0 radical (unpaired) electrons. The smallest absolute Gasteiger partial charge is 0.0598 e. The predicted octanol–water partition coefficient (Wildman–Crippen LogP) is 2.20. The van der Waals surface area contributed by atoms with Crippen molar-refractivity contribution in [1.82, 2.24) is 10.2 Å². The predicted molar refractivity (Wildman–Crippen MR) is 90.6 cm³/mol. The second-order valence-corrected chi connectivity index (χ2v) is 5.82. The first-order valence-corrected chi connectivity index (χ1v) is 7.95. The molecular formula is C18H27N3. The van der Waals surface area contributed by atoms with Crippen LogP contribution < -0.4 is 10.2 Å². The lowest BCUT2D eigenvalue weighted by Gasteiger charge is -2.31. The number of nitrogens with one attached hydrogen (secondary N) is 1. The Hall–Kier alpha value is -1.50. The Labute approximate surface area is 129 Å². The van der Waals surface area contributed by atoms with E-state index < -0.39 is 0 Å². The van der Waals surface area contributed by atoms with Crippen LogP contribution in [0.4, 0.5) is 5.69 Å². The van der Waals surface area contributed by atoms with Crippen molar-refractivity contribution in [3.05, 3.63) is 30.3 Å². The number of nitrogens with zero attached hydrogens (tertiary/aromatic N) is 2. The van der Waals surface area contributed by atoms with Crippen LogP contribution in [0.15, 0.2) is 30.3 Å². The minimum atomic E-state index is 0.668. The minimum absolute atomic E-state index is 0.668. The molecule has 1 fully saturated rings. The number of hydrogen-bond donors (Lipinski definition) is 1. The largest absolute Gasteiger partial charge is 0.375 e. The molecule has 114 valence electrons. The van der Waals surface area contributed by atoms with Crippen molar-refractivity contribution < 1.29 is 0 Å². The summed E-state index contributed by atoms with van der Waals surface area (Å²) < 4.78 is 0. The number of rotatable bonds is 7. The normalized spacial score (nSPS) is 16.6. The van der Waals surface area contributed by atoms with Crippen LogP contribution in [0.5, 0.6) is 0 Å². The van der Waals surface area contributed by atoms with Crippen LogP contribution in [-0.2, 0) is 0 Å². The van der Waals surface area contributed by atoms with E-state index in [1.54, 1.807) is 0 Å². The summed E-state index contributed by atoms with van der Waals surface area (Å²) in [6.07, 6.45) is 8.97. The maximum absolute atomic E-state index is 5.36. The Morgan fingerprint density at radius 1 is 1.29 bits per heavy atom. The van der Waals surface area contributed by atoms with Gasteiger partial charge in [0.25, 0.3) is 0 Å². The molecule has 1 saturated heterocycles. The summed E-state index contributed by atoms with van der Waals surface area (Å²) in [6.45, 7) is 5.25. The van der Waals surface area contributed by atoms with Gasteiger partial charge in [-0.3, -0.25) is 4.90 Å². The van der Waals surface area contributed by atoms with Gasteiger partial charge in [0, 0.05) is 38.4 Å². The molecule has 1 aromatic carbocycles. The first-order valence-electron chi connectivity index (χ1n) is 7.95. The van der Waals surface area contributed by atoms with Gasteiger partial charge in [0.05, 0.1) is 6.54 Å². The molecule has 0 saturated carbocycles. The third kappa shape index (κ3) is 5.41. The fourth-order valence-electron chi connectivity index (χ4n) is 2.86. The van der Waals surface area contributed by atoms with Gasteiger partial charge in [0.2, 0.25) is 0 Å². The Morgan fingerprint density at radius 3 is 2.67 bits per heavy atom. The van der Waals surface area contributed by atoms with Gasteiger partial charge >= 0.3 is 0 Å². The van der Waals surface area contributed by atoms with Crippen molar-refractivity contribution >= 4 is 5.69 Å². The molecule has 0 amide bonds. The number of anilines is 1. The van der Waals surface area contributed by atoms with E-state index in [2.05, 4.69) is 58.4 Å². The van der Waals surface area contributed by atoms with Crippen molar-refractivity contribution in [1.29, 1.82) is 0 Å². The van der Waals surface area contributed by atoms with Crippen LogP contribution in [0.2, 0.25) is 0 Å². The van der Waals surface area contributed by atoms with Gasteiger partial charge in [-0.05, 0) is 37.9 Å². The highest BCUT2D eigenvalue weighted by Gasteiger charge is 2.17. The zero-order chi connectivity index (χ0) is 14.9. The van der Waals surface area contributed by atoms with Crippen LogP contribution >= 0.6 is 0 Å². The van der Waals surface area contributed by atoms with E-state index in [9.17, 15) is 0 Å². The molecule has 0 atom stereocenters. The average molecular weight is 285 g/mol. The van der Waals surface area contributed by atoms with Crippen molar-refractivity contribution in [2.24, 2.45) is 0 Å². The fraction of sp³-hybridized carbons (Fsp3) is 0.556. The van der Waals surface area contributed by atoms with Gasteiger partial charge in [0.15, 0.2) is 0 Å². The van der Waals surface area contributed by atoms with Crippen LogP contribution in [0.3, 0.4) is 0 Å². The zero-order valence-electron chi connectivity index (χ0n) is 13.1. The third-order valence-corrected chi connectivity index (χ3v) is 4.20. The lowest BCUT2D eigenvalue weighted by molar-refractivity contribution is 0.218. The molecular weight excluding hydrogens is 258 g/mol. The lowest BCUT2D eigenvalue weighted by Crippen LogP contribution is -2.43. The van der Waals surface area contributed by atoms with Gasteiger partial charge in [-0.25, -0.2) is 0 Å². The number of piperidine rings is 1. The molecule has 21 heavy (non-hydrogen) atoms. The molecule has 0 bridgehead atoms. The standard InChI is InChI=1S/C18H27N3/c1-3-13-21-15-10-17(11-16-21)19-12-7-14-20(2)18-8-5-4-6-9-18/h1,4-6,8-9,17,19H,7,10-16H2,2H3. The van der Waals surface area contributed by atoms with Crippen molar-refractivity contribution in [2.75, 3.05) is 44.7 Å². The second kappa shape index (κ2) is 8.71. The summed E-state index contributed by atoms with van der Waals surface area (Å²) in [5, 5.41) is 3.69. The summed E-state index contributed by atoms with van der Waals surface area (Å²) in [4.78, 5) is 4.68. The molecule has 3 heteroatoms. The van der Waals surface area contributed by atoms with Crippen LogP contribution in [0.25, 0.3) is 0 Å². The molecule has 3 nitrogen and oxygen atoms in total. The van der Waals surface area contributed by atoms with Gasteiger partial charge in [0.1, 0.15) is 0 Å². The van der Waals surface area contributed by atoms with Crippen LogP contribution in [0.1, 0.15) is 19.3 Å². The number of benzene rings is 1. The van der Waals surface area contributed by atoms with E-state index in [0.29, 0.717) is 6.04 Å². The highest BCUT2D eigenvalue weighted by atomic mass is 15.1. The monoisotopic (exact) mass is 285 g/mol. The second-order valence-electron chi connectivity index (χ2n) is 5.82. The molecule has 2 rings (SSSR count). The zero-order valence-corrected chi connectivity index (χ0v) is 13.1. The summed E-state index contributed by atoms with van der Waals surface area (Å²) in [6, 6.07) is 11.2. The Bertz CT molecular complexity index is 430. The molecule has 0 aromatic heterocycles. The Balaban J connectivity index is 1.57. The van der Waals surface area contributed by atoms with Gasteiger partial charge in [-0.1, -0.05) is 24.1 Å². The number of terminal acetylenes is 1. The summed E-state index contributed by atoms with van der Waals surface area (Å²) in [7, 11) is 2.16. The maximum Gasteiger partial charge on any atom is 0.0598 e. The van der Waals surface area contributed by atoms with Crippen molar-refractivity contribution in [3.63, 3.8) is 0 Å². The first-order chi connectivity index (χ1) is 10.3. The Kier molecular flexibility index (Phi) is 6.59. The minimum Gasteiger partial charge on any atom is -0.375 e. The van der Waals surface area contributed by atoms with E-state index in [1.807, 2.05) is 0 Å². The van der Waals surface area contributed by atoms with Crippen LogP contribution in [-0.4, -0.2) is 50.7 Å². The SMILES string of the molecule is C#CCN1CCC(NCCCN(C)c2ccccc2)CC1. The van der Waals surface area contributed by atoms with Gasteiger partial charge < -0.3 is 10.2 Å². The summed E-state index contributed by atoms with van der Waals surface area (Å²) in [5.74, 6) is 2.73. The van der Waals surface area contributed by atoms with E-state index in [1.165, 1.54) is 24.9 Å². The number of para-hydroxylation sites is 1. The summed E-state index contributed by atoms with van der Waals surface area (Å²) in [5.41, 5.74) is 1.29. The van der Waals surface area contributed by atoms with Crippen molar-refractivity contribution in [2.45, 2.75) is 25.3 Å². The molecule has 1 aliphatic rings. The molecule has 1 heterocycles. The Morgan fingerprint density at radius 2 is 2.00 bits per heavy atom. The number of likely N-dealkylation sites (tertiary alicyclic amines) is 1. The highest BCUT2D eigenvalue weighted by molar-refractivity contribution is 5.44. The molecule has 0 aliphatic carbocycles. The highest BCUT2D eigenvalue weighted by Crippen LogP contribution is 2.12. The number of hydrogen-bond acceptors (Lipinski definition) is 3. The average Bonchev–Trinajstić information content (AvgIpc) is 2.54. The third-order valence-electron chi connectivity index (χ3n) is 4.20. The lowest BCUT2D eigenvalue weighted by atomic mass is 10.1. The topological polar surface area (TPSA) is 18.5 Å². The van der Waals surface area contributed by atoms with E-state index >= 15 is 0 Å². The van der Waals surface area contributed by atoms with E-state index in [-0.39, 0.29) is 0 Å². The van der Waals surface area contributed by atoms with Crippen LogP contribution in [0, 0.1) is 12.3 Å². The van der Waals surface area contributed by atoms with Gasteiger partial charge in [-0.2, -0.15) is 0 Å². The van der Waals surface area contributed by atoms with E-state index in [0.717, 1.165) is 32.7 Å². The van der Waals surface area contributed by atoms with Gasteiger partial charge in [-0.15, -0.1) is 6.42 Å². The molecule has 1 N–H and O–H groups in total. The molecule has 1 aliphatic heterocycles. The molecule has 1 aromatic rings.